The number of nitrogens with zero attached hydrogens (tertiary/aromatic N) is 2. The average molecular weight is 405 g/mol. The molecule has 1 aromatic heterocycles. The highest BCUT2D eigenvalue weighted by Crippen LogP contribution is 2.31. The first-order valence-electron chi connectivity index (χ1n) is 9.17. The molecule has 4 rings (SSSR count). The summed E-state index contributed by atoms with van der Waals surface area (Å²) in [4.78, 5) is 27.2. The normalized spacial score (nSPS) is 15.9. The molecule has 0 saturated carbocycles. The topological polar surface area (TPSA) is 63.6 Å². The Morgan fingerprint density at radius 3 is 2.59 bits per heavy atom. The van der Waals surface area contributed by atoms with Crippen LogP contribution >= 0.6 is 12.2 Å². The van der Waals surface area contributed by atoms with Gasteiger partial charge in [-0.2, -0.15) is 0 Å². The summed E-state index contributed by atoms with van der Waals surface area (Å²) in [6.45, 7) is 2.82. The summed E-state index contributed by atoms with van der Waals surface area (Å²) < 4.78 is 7.44. The molecule has 0 radical (unpaired) electrons. The molecule has 0 atom stereocenters. The number of rotatable bonds is 4. The summed E-state index contributed by atoms with van der Waals surface area (Å²) in [7, 11) is 1.52. The minimum atomic E-state index is -0.514. The number of amides is 2. The molecule has 146 valence electrons. The third-order valence-electron chi connectivity index (χ3n) is 4.89. The second-order valence-corrected chi connectivity index (χ2v) is 6.90. The van der Waals surface area contributed by atoms with Gasteiger partial charge in [0.2, 0.25) is 0 Å². The number of fused-ring (bicyclic) bond motifs is 1. The third kappa shape index (κ3) is 3.19. The van der Waals surface area contributed by atoms with Crippen molar-refractivity contribution in [1.29, 1.82) is 0 Å². The average Bonchev–Trinajstić information content (AvgIpc) is 3.09. The van der Waals surface area contributed by atoms with E-state index in [0.29, 0.717) is 11.4 Å². The number of thiocarbonyl (C=S) groups is 1. The minimum absolute atomic E-state index is 0.0171. The summed E-state index contributed by atoms with van der Waals surface area (Å²) in [5.74, 6) is -0.516. The van der Waals surface area contributed by atoms with Gasteiger partial charge in [-0.15, -0.1) is 0 Å². The predicted molar refractivity (Wildman–Crippen MR) is 117 cm³/mol. The monoisotopic (exact) mass is 405 g/mol. The van der Waals surface area contributed by atoms with Crippen LogP contribution in [0.4, 0.5) is 5.69 Å². The Balaban J connectivity index is 1.83. The van der Waals surface area contributed by atoms with Crippen LogP contribution in [0.5, 0.6) is 5.75 Å². The number of methoxy groups -OCH3 is 1. The van der Waals surface area contributed by atoms with Crippen LogP contribution in [0.25, 0.3) is 17.0 Å². The molecular weight excluding hydrogens is 386 g/mol. The lowest BCUT2D eigenvalue weighted by Gasteiger charge is -2.29. The van der Waals surface area contributed by atoms with Crippen molar-refractivity contribution in [3.05, 3.63) is 65.9 Å². The Morgan fingerprint density at radius 2 is 1.83 bits per heavy atom. The fourth-order valence-electron chi connectivity index (χ4n) is 3.50. The highest BCUT2D eigenvalue weighted by Gasteiger charge is 2.35. The molecule has 0 bridgehead atoms. The number of para-hydroxylation sites is 3. The fraction of sp³-hybridized carbons (Fsp3) is 0.136. The molecule has 2 amide bonds. The Kier molecular flexibility index (Phi) is 4.90. The van der Waals surface area contributed by atoms with E-state index in [1.165, 1.54) is 12.0 Å². The summed E-state index contributed by atoms with van der Waals surface area (Å²) in [5, 5.41) is 3.61. The van der Waals surface area contributed by atoms with Crippen LogP contribution in [0.1, 0.15) is 12.5 Å². The number of hydrogen-bond donors (Lipinski definition) is 1. The SMILES string of the molecule is CCn1cc(/C=C2\C(=O)NC(=S)N(c3ccccc3OC)C2=O)c2ccccc21. The molecule has 1 fully saturated rings. The van der Waals surface area contributed by atoms with Crippen molar-refractivity contribution >= 4 is 51.8 Å². The van der Waals surface area contributed by atoms with Gasteiger partial charge in [-0.3, -0.25) is 14.9 Å². The van der Waals surface area contributed by atoms with Crippen molar-refractivity contribution in [3.8, 4) is 5.75 Å². The van der Waals surface area contributed by atoms with Crippen LogP contribution in [0.15, 0.2) is 60.3 Å². The van der Waals surface area contributed by atoms with Gasteiger partial charge in [0.25, 0.3) is 11.8 Å². The molecule has 1 aliphatic rings. The van der Waals surface area contributed by atoms with Gasteiger partial charge in [-0.1, -0.05) is 30.3 Å². The number of carbonyl (C=O) groups excluding carboxylic acids is 2. The molecule has 0 aliphatic carbocycles. The van der Waals surface area contributed by atoms with E-state index < -0.39 is 11.8 Å². The van der Waals surface area contributed by atoms with Crippen LogP contribution in [0, 0.1) is 0 Å². The lowest BCUT2D eigenvalue weighted by atomic mass is 10.1. The Bertz CT molecular complexity index is 1180. The molecule has 7 heteroatoms. The van der Waals surface area contributed by atoms with E-state index in [1.54, 1.807) is 30.3 Å². The summed E-state index contributed by atoms with van der Waals surface area (Å²) in [6.07, 6.45) is 3.56. The van der Waals surface area contributed by atoms with Gasteiger partial charge in [-0.25, -0.2) is 4.90 Å². The Morgan fingerprint density at radius 1 is 1.10 bits per heavy atom. The van der Waals surface area contributed by atoms with Crippen LogP contribution in [-0.4, -0.2) is 28.6 Å². The van der Waals surface area contributed by atoms with Crippen LogP contribution in [0.2, 0.25) is 0 Å². The minimum Gasteiger partial charge on any atom is -0.495 e. The molecule has 2 aromatic carbocycles. The van der Waals surface area contributed by atoms with Crippen molar-refractivity contribution < 1.29 is 14.3 Å². The summed E-state index contributed by atoms with van der Waals surface area (Å²) in [5.41, 5.74) is 2.34. The Labute approximate surface area is 173 Å². The fourth-order valence-corrected chi connectivity index (χ4v) is 3.77. The maximum Gasteiger partial charge on any atom is 0.270 e. The second kappa shape index (κ2) is 7.52. The number of ether oxygens (including phenoxy) is 1. The summed E-state index contributed by atoms with van der Waals surface area (Å²) >= 11 is 5.27. The summed E-state index contributed by atoms with van der Waals surface area (Å²) in [6, 6.07) is 14.9. The van der Waals surface area contributed by atoms with Crippen molar-refractivity contribution in [2.24, 2.45) is 0 Å². The number of anilines is 1. The quantitative estimate of drug-likeness (QED) is 0.410. The van der Waals surface area contributed by atoms with Gasteiger partial charge < -0.3 is 9.30 Å². The van der Waals surface area contributed by atoms with Crippen molar-refractivity contribution in [2.45, 2.75) is 13.5 Å². The van der Waals surface area contributed by atoms with Gasteiger partial charge in [0.05, 0.1) is 12.8 Å². The molecule has 1 N–H and O–H groups in total. The smallest absolute Gasteiger partial charge is 0.270 e. The van der Waals surface area contributed by atoms with Gasteiger partial charge >= 0.3 is 0 Å². The molecule has 6 nitrogen and oxygen atoms in total. The highest BCUT2D eigenvalue weighted by atomic mass is 32.1. The molecule has 0 spiro atoms. The maximum absolute atomic E-state index is 13.3. The van der Waals surface area contributed by atoms with E-state index in [-0.39, 0.29) is 10.7 Å². The van der Waals surface area contributed by atoms with Crippen molar-refractivity contribution in [3.63, 3.8) is 0 Å². The van der Waals surface area contributed by atoms with Gasteiger partial charge in [-0.05, 0) is 43.4 Å². The standard InChI is InChI=1S/C22H19N3O3S/c1-3-24-13-14(15-8-4-5-9-17(15)24)12-16-20(26)23-22(29)25(21(16)27)18-10-6-7-11-19(18)28-2/h4-13H,3H2,1-2H3,(H,23,26,29)/b16-12+. The number of carbonyl (C=O) groups is 2. The molecular formula is C22H19N3O3S. The first kappa shape index (κ1) is 18.9. The van der Waals surface area contributed by atoms with Crippen LogP contribution in [-0.2, 0) is 16.1 Å². The van der Waals surface area contributed by atoms with Gasteiger partial charge in [0.15, 0.2) is 5.11 Å². The number of nitrogens with one attached hydrogen (secondary N) is 1. The van der Waals surface area contributed by atoms with Gasteiger partial charge in [0.1, 0.15) is 11.3 Å². The van der Waals surface area contributed by atoms with E-state index in [0.717, 1.165) is 23.0 Å². The number of hydrogen-bond acceptors (Lipinski definition) is 4. The second-order valence-electron chi connectivity index (χ2n) is 6.52. The highest BCUT2D eigenvalue weighted by molar-refractivity contribution is 7.80. The number of benzene rings is 2. The predicted octanol–water partition coefficient (Wildman–Crippen LogP) is 3.50. The molecule has 1 saturated heterocycles. The zero-order chi connectivity index (χ0) is 20.5. The van der Waals surface area contributed by atoms with Crippen LogP contribution < -0.4 is 15.0 Å². The van der Waals surface area contributed by atoms with Gasteiger partial charge in [0, 0.05) is 29.2 Å². The van der Waals surface area contributed by atoms with E-state index >= 15 is 0 Å². The molecule has 29 heavy (non-hydrogen) atoms. The van der Waals surface area contributed by atoms with E-state index in [9.17, 15) is 9.59 Å². The number of aryl methyl sites for hydroxylation is 1. The molecule has 1 aliphatic heterocycles. The van der Waals surface area contributed by atoms with E-state index in [1.807, 2.05) is 37.4 Å². The largest absolute Gasteiger partial charge is 0.495 e. The zero-order valence-electron chi connectivity index (χ0n) is 16.0. The lowest BCUT2D eigenvalue weighted by Crippen LogP contribution is -2.54. The third-order valence-corrected chi connectivity index (χ3v) is 5.17. The van der Waals surface area contributed by atoms with E-state index in [4.69, 9.17) is 17.0 Å². The van der Waals surface area contributed by atoms with Crippen LogP contribution in [0.3, 0.4) is 0 Å². The zero-order valence-corrected chi connectivity index (χ0v) is 16.8. The Hall–Kier alpha value is -3.45. The maximum atomic E-state index is 13.3. The molecule has 0 unspecified atom stereocenters. The molecule has 3 aromatic rings. The van der Waals surface area contributed by atoms with Crippen molar-refractivity contribution in [1.82, 2.24) is 9.88 Å². The lowest BCUT2D eigenvalue weighted by molar-refractivity contribution is -0.122. The first-order chi connectivity index (χ1) is 14.0. The van der Waals surface area contributed by atoms with Crippen molar-refractivity contribution in [2.75, 3.05) is 12.0 Å². The van der Waals surface area contributed by atoms with E-state index in [2.05, 4.69) is 9.88 Å². The first-order valence-corrected chi connectivity index (χ1v) is 9.58. The number of aromatic nitrogens is 1. The molecule has 2 heterocycles.